The molecule has 0 atom stereocenters. The minimum absolute atomic E-state index is 0.0814. The van der Waals surface area contributed by atoms with Crippen molar-refractivity contribution in [3.63, 3.8) is 0 Å². The third kappa shape index (κ3) is 6.27. The lowest BCUT2D eigenvalue weighted by molar-refractivity contribution is -0.112. The molecule has 0 bridgehead atoms. The second-order valence-electron chi connectivity index (χ2n) is 6.72. The molecule has 0 fully saturated rings. The van der Waals surface area contributed by atoms with E-state index in [1.165, 1.54) is 18.2 Å². The van der Waals surface area contributed by atoms with Crippen LogP contribution < -0.4 is 10.1 Å². The van der Waals surface area contributed by atoms with Crippen LogP contribution >= 0.6 is 31.9 Å². The Bertz CT molecular complexity index is 1200. The summed E-state index contributed by atoms with van der Waals surface area (Å²) < 4.78 is 20.7. The van der Waals surface area contributed by atoms with Gasteiger partial charge in [0.15, 0.2) is 0 Å². The first-order chi connectivity index (χ1) is 14.9. The monoisotopic (exact) mass is 542 g/mol. The molecular formula is C24H17Br2FN2O2. The van der Waals surface area contributed by atoms with E-state index in [2.05, 4.69) is 37.2 Å². The van der Waals surface area contributed by atoms with Crippen molar-refractivity contribution in [2.24, 2.45) is 0 Å². The van der Waals surface area contributed by atoms with E-state index in [-0.39, 0.29) is 18.0 Å². The minimum Gasteiger partial charge on any atom is -0.487 e. The van der Waals surface area contributed by atoms with Crippen LogP contribution in [0.1, 0.15) is 16.7 Å². The van der Waals surface area contributed by atoms with Crippen LogP contribution in [0.25, 0.3) is 6.08 Å². The van der Waals surface area contributed by atoms with Crippen molar-refractivity contribution < 1.29 is 13.9 Å². The van der Waals surface area contributed by atoms with Crippen molar-refractivity contribution in [3.05, 3.63) is 97.7 Å². The number of carbonyl (C=O) groups excluding carboxylic acids is 1. The highest BCUT2D eigenvalue weighted by Crippen LogP contribution is 2.35. The Labute approximate surface area is 196 Å². The van der Waals surface area contributed by atoms with Gasteiger partial charge in [0.25, 0.3) is 5.91 Å². The summed E-state index contributed by atoms with van der Waals surface area (Å²) in [5.74, 6) is -0.445. The Morgan fingerprint density at radius 3 is 2.65 bits per heavy atom. The summed E-state index contributed by atoms with van der Waals surface area (Å²) in [6.07, 6.45) is 1.46. The standard InChI is InChI=1S/C24H17Br2FN2O2/c1-15-4-2-7-21(8-15)29-24(30)18(13-28)10-17-11-19(25)12-22(26)23(17)31-14-16-5-3-6-20(27)9-16/h2-12H,14H2,1H3,(H,29,30)/b18-10+. The molecule has 0 unspecified atom stereocenters. The topological polar surface area (TPSA) is 62.1 Å². The Hall–Kier alpha value is -2.95. The fourth-order valence-electron chi connectivity index (χ4n) is 2.85. The summed E-state index contributed by atoms with van der Waals surface area (Å²) in [6.45, 7) is 2.04. The number of anilines is 1. The Balaban J connectivity index is 1.89. The molecule has 1 N–H and O–H groups in total. The molecule has 3 aromatic rings. The highest BCUT2D eigenvalue weighted by atomic mass is 79.9. The number of nitriles is 1. The normalized spacial score (nSPS) is 11.0. The van der Waals surface area contributed by atoms with E-state index in [0.29, 0.717) is 27.0 Å². The van der Waals surface area contributed by atoms with E-state index in [1.54, 1.807) is 30.3 Å². The molecule has 156 valence electrons. The quantitative estimate of drug-likeness (QED) is 0.275. The van der Waals surface area contributed by atoms with Crippen LogP contribution in [0.5, 0.6) is 5.75 Å². The van der Waals surface area contributed by atoms with E-state index in [4.69, 9.17) is 4.74 Å². The number of aryl methyl sites for hydroxylation is 1. The maximum atomic E-state index is 13.5. The van der Waals surface area contributed by atoms with Crippen molar-refractivity contribution in [1.82, 2.24) is 0 Å². The molecule has 0 radical (unpaired) electrons. The first-order valence-electron chi connectivity index (χ1n) is 9.22. The number of carbonyl (C=O) groups is 1. The molecule has 3 rings (SSSR count). The molecule has 0 aromatic heterocycles. The number of hydrogen-bond acceptors (Lipinski definition) is 3. The van der Waals surface area contributed by atoms with Gasteiger partial charge in [-0.15, -0.1) is 0 Å². The largest absolute Gasteiger partial charge is 0.487 e. The van der Waals surface area contributed by atoms with Crippen LogP contribution in [-0.2, 0) is 11.4 Å². The molecule has 0 saturated carbocycles. The van der Waals surface area contributed by atoms with Crippen molar-refractivity contribution >= 4 is 49.5 Å². The van der Waals surface area contributed by atoms with Gasteiger partial charge < -0.3 is 10.1 Å². The third-order valence-corrected chi connectivity index (χ3v) is 5.30. The molecule has 0 heterocycles. The maximum absolute atomic E-state index is 13.5. The molecule has 4 nitrogen and oxygen atoms in total. The van der Waals surface area contributed by atoms with E-state index >= 15 is 0 Å². The Kier molecular flexibility index (Phi) is 7.61. The van der Waals surface area contributed by atoms with Crippen LogP contribution in [0.4, 0.5) is 10.1 Å². The van der Waals surface area contributed by atoms with Gasteiger partial charge in [-0.3, -0.25) is 4.79 Å². The molecular weight excluding hydrogens is 527 g/mol. The van der Waals surface area contributed by atoms with E-state index < -0.39 is 5.91 Å². The van der Waals surface area contributed by atoms with Gasteiger partial charge in [-0.2, -0.15) is 5.26 Å². The summed E-state index contributed by atoms with van der Waals surface area (Å²) >= 11 is 6.87. The number of nitrogens with zero attached hydrogens (tertiary/aromatic N) is 1. The number of halogens is 3. The van der Waals surface area contributed by atoms with Gasteiger partial charge in [0.1, 0.15) is 29.8 Å². The molecule has 0 aliphatic carbocycles. The molecule has 7 heteroatoms. The summed E-state index contributed by atoms with van der Waals surface area (Å²) in [4.78, 5) is 12.6. The zero-order valence-electron chi connectivity index (χ0n) is 16.5. The van der Waals surface area contributed by atoms with Gasteiger partial charge in [0.05, 0.1) is 4.47 Å². The van der Waals surface area contributed by atoms with E-state index in [0.717, 1.165) is 10.0 Å². The molecule has 0 aliphatic rings. The number of rotatable bonds is 6. The van der Waals surface area contributed by atoms with Gasteiger partial charge in [-0.25, -0.2) is 4.39 Å². The summed E-state index contributed by atoms with van der Waals surface area (Å²) in [6, 6.07) is 18.9. The smallest absolute Gasteiger partial charge is 0.266 e. The zero-order chi connectivity index (χ0) is 22.4. The van der Waals surface area contributed by atoms with Crippen LogP contribution in [0, 0.1) is 24.1 Å². The fourth-order valence-corrected chi connectivity index (χ4v) is 4.22. The lowest BCUT2D eigenvalue weighted by Crippen LogP contribution is -2.13. The maximum Gasteiger partial charge on any atom is 0.266 e. The van der Waals surface area contributed by atoms with E-state index in [9.17, 15) is 14.4 Å². The highest BCUT2D eigenvalue weighted by Gasteiger charge is 2.15. The van der Waals surface area contributed by atoms with Crippen LogP contribution in [0.15, 0.2) is 75.2 Å². The van der Waals surface area contributed by atoms with Crippen LogP contribution in [-0.4, -0.2) is 5.91 Å². The highest BCUT2D eigenvalue weighted by molar-refractivity contribution is 9.11. The third-order valence-electron chi connectivity index (χ3n) is 4.25. The Morgan fingerprint density at radius 2 is 1.94 bits per heavy atom. The van der Waals surface area contributed by atoms with Crippen molar-refractivity contribution in [1.29, 1.82) is 5.26 Å². The first-order valence-corrected chi connectivity index (χ1v) is 10.8. The first kappa shape index (κ1) is 22.7. The molecule has 3 aromatic carbocycles. The number of amides is 1. The molecule has 1 amide bonds. The SMILES string of the molecule is Cc1cccc(NC(=O)/C(C#N)=C/c2cc(Br)cc(Br)c2OCc2cccc(F)c2)c1. The number of nitrogens with one attached hydrogen (secondary N) is 1. The summed E-state index contributed by atoms with van der Waals surface area (Å²) in [5, 5.41) is 12.3. The molecule has 0 spiro atoms. The second kappa shape index (κ2) is 10.4. The molecule has 0 aliphatic heterocycles. The van der Waals surface area contributed by atoms with Gasteiger partial charge in [-0.1, -0.05) is 40.2 Å². The number of ether oxygens (including phenoxy) is 1. The lowest BCUT2D eigenvalue weighted by Gasteiger charge is -2.13. The van der Waals surface area contributed by atoms with Crippen molar-refractivity contribution in [3.8, 4) is 11.8 Å². The van der Waals surface area contributed by atoms with Gasteiger partial charge in [0.2, 0.25) is 0 Å². The lowest BCUT2D eigenvalue weighted by atomic mass is 10.1. The van der Waals surface area contributed by atoms with Crippen LogP contribution in [0.2, 0.25) is 0 Å². The average Bonchev–Trinajstić information content (AvgIpc) is 2.71. The Morgan fingerprint density at radius 1 is 1.16 bits per heavy atom. The van der Waals surface area contributed by atoms with Crippen LogP contribution in [0.3, 0.4) is 0 Å². The fraction of sp³-hybridized carbons (Fsp3) is 0.0833. The summed E-state index contributed by atoms with van der Waals surface area (Å²) in [7, 11) is 0. The van der Waals surface area contributed by atoms with Gasteiger partial charge in [0, 0.05) is 15.7 Å². The zero-order valence-corrected chi connectivity index (χ0v) is 19.6. The summed E-state index contributed by atoms with van der Waals surface area (Å²) in [5.41, 5.74) is 2.69. The predicted octanol–water partition coefficient (Wildman–Crippen LogP) is 6.78. The molecule has 0 saturated heterocycles. The van der Waals surface area contributed by atoms with Gasteiger partial charge in [-0.05, 0) is 76.5 Å². The number of hydrogen-bond donors (Lipinski definition) is 1. The van der Waals surface area contributed by atoms with Crippen molar-refractivity contribution in [2.45, 2.75) is 13.5 Å². The van der Waals surface area contributed by atoms with Crippen molar-refractivity contribution in [2.75, 3.05) is 5.32 Å². The minimum atomic E-state index is -0.528. The predicted molar refractivity (Wildman–Crippen MR) is 126 cm³/mol. The van der Waals surface area contributed by atoms with Gasteiger partial charge >= 0.3 is 0 Å². The van der Waals surface area contributed by atoms with E-state index in [1.807, 2.05) is 31.2 Å². The average molecular weight is 544 g/mol. The molecule has 31 heavy (non-hydrogen) atoms. The number of benzene rings is 3. The second-order valence-corrected chi connectivity index (χ2v) is 8.49.